The summed E-state index contributed by atoms with van der Waals surface area (Å²) in [4.78, 5) is 11.1. The van der Waals surface area contributed by atoms with Gasteiger partial charge in [-0.15, -0.1) is 0 Å². The summed E-state index contributed by atoms with van der Waals surface area (Å²) in [7, 11) is -6.91. The third-order valence-corrected chi connectivity index (χ3v) is 5.82. The quantitative estimate of drug-likeness (QED) is 0.708. The number of hydrogen-bond acceptors (Lipinski definition) is 5. The highest BCUT2D eigenvalue weighted by atomic mass is 32.2. The number of sulfonamides is 1. The number of carboxylic acids is 1. The van der Waals surface area contributed by atoms with Gasteiger partial charge in [0, 0.05) is 12.8 Å². The molecule has 1 N–H and O–H groups in total. The topological polar surface area (TPSA) is 109 Å². The van der Waals surface area contributed by atoms with Crippen LogP contribution in [-0.2, 0) is 24.7 Å². The summed E-state index contributed by atoms with van der Waals surface area (Å²) in [5, 5.41) is 9.05. The van der Waals surface area contributed by atoms with Gasteiger partial charge in [0.1, 0.15) is 15.9 Å². The Kier molecular flexibility index (Phi) is 4.39. The molecule has 0 bridgehead atoms. The molecule has 9 heteroatoms. The molecule has 0 amide bonds. The van der Waals surface area contributed by atoms with Gasteiger partial charge in [0.15, 0.2) is 0 Å². The first-order valence-electron chi connectivity index (χ1n) is 5.43. The minimum Gasteiger partial charge on any atom is -0.480 e. The molecule has 0 spiro atoms. The van der Waals surface area contributed by atoms with Crippen LogP contribution in [0.2, 0.25) is 0 Å². The van der Waals surface area contributed by atoms with Crippen LogP contribution in [0.5, 0.6) is 0 Å². The second kappa shape index (κ2) is 5.14. The number of nitrogens with zero attached hydrogens (tertiary/aromatic N) is 1. The molecule has 0 radical (unpaired) electrons. The van der Waals surface area contributed by atoms with Crippen LogP contribution in [0, 0.1) is 5.92 Å². The van der Waals surface area contributed by atoms with Crippen molar-refractivity contribution in [1.29, 1.82) is 0 Å². The van der Waals surface area contributed by atoms with Crippen molar-refractivity contribution in [2.24, 2.45) is 5.92 Å². The Hall–Kier alpha value is -0.670. The SMILES string of the molecule is CC1CN(C(CCS(C)(=O)=O)C(=O)O)S(=O)(=O)C1. The first kappa shape index (κ1) is 15.4. The Balaban J connectivity index is 2.90. The maximum Gasteiger partial charge on any atom is 0.322 e. The van der Waals surface area contributed by atoms with E-state index in [4.69, 9.17) is 5.11 Å². The molecule has 0 saturated carbocycles. The van der Waals surface area contributed by atoms with Crippen molar-refractivity contribution in [2.45, 2.75) is 19.4 Å². The fourth-order valence-corrected chi connectivity index (χ4v) is 4.70. The molecule has 1 fully saturated rings. The van der Waals surface area contributed by atoms with Crippen LogP contribution >= 0.6 is 0 Å². The third-order valence-electron chi connectivity index (χ3n) is 2.74. The van der Waals surface area contributed by atoms with Crippen LogP contribution in [0.15, 0.2) is 0 Å². The van der Waals surface area contributed by atoms with Crippen molar-refractivity contribution in [1.82, 2.24) is 4.31 Å². The van der Waals surface area contributed by atoms with Gasteiger partial charge in [-0.25, -0.2) is 16.8 Å². The van der Waals surface area contributed by atoms with Gasteiger partial charge in [-0.3, -0.25) is 4.79 Å². The first-order valence-corrected chi connectivity index (χ1v) is 9.10. The molecular weight excluding hydrogens is 282 g/mol. The molecule has 1 aliphatic rings. The van der Waals surface area contributed by atoms with Crippen molar-refractivity contribution >= 4 is 25.8 Å². The molecule has 18 heavy (non-hydrogen) atoms. The van der Waals surface area contributed by atoms with E-state index in [1.807, 2.05) is 0 Å². The summed E-state index contributed by atoms with van der Waals surface area (Å²) in [6.07, 6.45) is 0.771. The van der Waals surface area contributed by atoms with Crippen LogP contribution < -0.4 is 0 Å². The van der Waals surface area contributed by atoms with Gasteiger partial charge in [-0.05, 0) is 12.3 Å². The van der Waals surface area contributed by atoms with Crippen LogP contribution in [0.4, 0.5) is 0 Å². The summed E-state index contributed by atoms with van der Waals surface area (Å²) in [6, 6.07) is -1.30. The van der Waals surface area contributed by atoms with Gasteiger partial charge in [0.25, 0.3) is 0 Å². The van der Waals surface area contributed by atoms with Crippen LogP contribution in [-0.4, -0.2) is 62.6 Å². The average molecular weight is 299 g/mol. The summed E-state index contributed by atoms with van der Waals surface area (Å²) in [6.45, 7) is 1.84. The summed E-state index contributed by atoms with van der Waals surface area (Å²) in [5.74, 6) is -1.88. The van der Waals surface area contributed by atoms with Crippen LogP contribution in [0.25, 0.3) is 0 Å². The molecule has 1 saturated heterocycles. The molecule has 1 heterocycles. The summed E-state index contributed by atoms with van der Waals surface area (Å²) in [5.41, 5.74) is 0. The maximum absolute atomic E-state index is 11.8. The second-order valence-corrected chi connectivity index (χ2v) is 8.95. The number of rotatable bonds is 5. The zero-order chi connectivity index (χ0) is 14.1. The minimum absolute atomic E-state index is 0.0876. The maximum atomic E-state index is 11.8. The van der Waals surface area contributed by atoms with E-state index in [0.29, 0.717) is 0 Å². The van der Waals surface area contributed by atoms with E-state index >= 15 is 0 Å². The second-order valence-electron chi connectivity index (χ2n) is 4.73. The van der Waals surface area contributed by atoms with Crippen molar-refractivity contribution in [3.63, 3.8) is 0 Å². The molecule has 1 rings (SSSR count). The molecule has 2 atom stereocenters. The van der Waals surface area contributed by atoms with E-state index in [1.165, 1.54) is 0 Å². The van der Waals surface area contributed by atoms with Gasteiger partial charge in [0.2, 0.25) is 10.0 Å². The predicted octanol–water partition coefficient (Wildman–Crippen LogP) is -0.844. The molecule has 0 aliphatic carbocycles. The van der Waals surface area contributed by atoms with Gasteiger partial charge < -0.3 is 5.11 Å². The number of aliphatic carboxylic acids is 1. The van der Waals surface area contributed by atoms with Crippen molar-refractivity contribution in [3.05, 3.63) is 0 Å². The van der Waals surface area contributed by atoms with Crippen LogP contribution in [0.1, 0.15) is 13.3 Å². The lowest BCUT2D eigenvalue weighted by atomic mass is 10.2. The lowest BCUT2D eigenvalue weighted by Crippen LogP contribution is -2.43. The van der Waals surface area contributed by atoms with E-state index in [2.05, 4.69) is 0 Å². The van der Waals surface area contributed by atoms with Gasteiger partial charge in [-0.1, -0.05) is 6.92 Å². The molecule has 1 aliphatic heterocycles. The van der Waals surface area contributed by atoms with E-state index < -0.39 is 31.9 Å². The van der Waals surface area contributed by atoms with Gasteiger partial charge in [-0.2, -0.15) is 4.31 Å². The largest absolute Gasteiger partial charge is 0.480 e. The molecule has 106 valence electrons. The Labute approximate surface area is 107 Å². The molecule has 0 aromatic carbocycles. The number of carboxylic acid groups (broad SMARTS) is 1. The van der Waals surface area contributed by atoms with Gasteiger partial charge in [0.05, 0.1) is 11.5 Å². The van der Waals surface area contributed by atoms with E-state index in [0.717, 1.165) is 10.6 Å². The monoisotopic (exact) mass is 299 g/mol. The van der Waals surface area contributed by atoms with E-state index in [9.17, 15) is 21.6 Å². The molecule has 2 unspecified atom stereocenters. The Morgan fingerprint density at radius 3 is 2.39 bits per heavy atom. The summed E-state index contributed by atoms with van der Waals surface area (Å²) >= 11 is 0. The Morgan fingerprint density at radius 2 is 2.06 bits per heavy atom. The number of hydrogen-bond donors (Lipinski definition) is 1. The highest BCUT2D eigenvalue weighted by Crippen LogP contribution is 2.23. The lowest BCUT2D eigenvalue weighted by Gasteiger charge is -2.22. The van der Waals surface area contributed by atoms with Gasteiger partial charge >= 0.3 is 5.97 Å². The number of carbonyl (C=O) groups is 1. The predicted molar refractivity (Wildman–Crippen MR) is 65.4 cm³/mol. The van der Waals surface area contributed by atoms with Crippen molar-refractivity contribution in [2.75, 3.05) is 24.3 Å². The minimum atomic E-state index is -3.59. The standard InChI is InChI=1S/C9H17NO6S2/c1-7-5-10(18(15,16)6-7)8(9(11)12)3-4-17(2,13)14/h7-8H,3-6H2,1-2H3,(H,11,12). The fourth-order valence-electron chi connectivity index (χ4n) is 1.97. The normalized spacial score (nSPS) is 26.0. The third kappa shape index (κ3) is 3.92. The zero-order valence-electron chi connectivity index (χ0n) is 10.2. The molecule has 7 nitrogen and oxygen atoms in total. The smallest absolute Gasteiger partial charge is 0.322 e. The highest BCUT2D eigenvalue weighted by molar-refractivity contribution is 7.90. The fraction of sp³-hybridized carbons (Fsp3) is 0.889. The molecule has 0 aromatic rings. The number of sulfone groups is 1. The van der Waals surface area contributed by atoms with Crippen LogP contribution in [0.3, 0.4) is 0 Å². The molecular formula is C9H17NO6S2. The zero-order valence-corrected chi connectivity index (χ0v) is 11.9. The summed E-state index contributed by atoms with van der Waals surface area (Å²) < 4.78 is 46.5. The highest BCUT2D eigenvalue weighted by Gasteiger charge is 2.41. The van der Waals surface area contributed by atoms with Crippen molar-refractivity contribution in [3.8, 4) is 0 Å². The lowest BCUT2D eigenvalue weighted by molar-refractivity contribution is -0.141. The van der Waals surface area contributed by atoms with E-state index in [1.54, 1.807) is 6.92 Å². The Morgan fingerprint density at radius 1 is 1.50 bits per heavy atom. The first-order chi connectivity index (χ1) is 8.03. The van der Waals surface area contributed by atoms with E-state index in [-0.39, 0.29) is 30.4 Å². The average Bonchev–Trinajstić information content (AvgIpc) is 2.37. The Bertz CT molecular complexity index is 523. The molecule has 0 aromatic heterocycles. The van der Waals surface area contributed by atoms with Crippen molar-refractivity contribution < 1.29 is 26.7 Å².